The summed E-state index contributed by atoms with van der Waals surface area (Å²) in [7, 11) is 1.83. The summed E-state index contributed by atoms with van der Waals surface area (Å²) in [6.45, 7) is 13.4. The van der Waals surface area contributed by atoms with Crippen LogP contribution in [0.25, 0.3) is 0 Å². The Labute approximate surface area is 152 Å². The van der Waals surface area contributed by atoms with E-state index in [1.54, 1.807) is 0 Å². The summed E-state index contributed by atoms with van der Waals surface area (Å²) in [6.07, 6.45) is 0. The summed E-state index contributed by atoms with van der Waals surface area (Å²) in [5.74, 6) is 1.91. The molecule has 1 saturated heterocycles. The van der Waals surface area contributed by atoms with Crippen molar-refractivity contribution >= 4 is 5.96 Å². The van der Waals surface area contributed by atoms with Crippen molar-refractivity contribution in [3.63, 3.8) is 0 Å². The lowest BCUT2D eigenvalue weighted by molar-refractivity contribution is 0.0320. The molecule has 1 aromatic carbocycles. The second kappa shape index (κ2) is 10.4. The minimum atomic E-state index is 0.449. The number of hydrogen-bond donors (Lipinski definition) is 2. The molecule has 0 saturated carbocycles. The molecule has 2 rings (SSSR count). The number of benzene rings is 1. The zero-order valence-corrected chi connectivity index (χ0v) is 16.2. The summed E-state index contributed by atoms with van der Waals surface area (Å²) in [5, 5.41) is 6.90. The molecule has 1 aromatic rings. The molecule has 1 aliphatic rings. The molecular weight excluding hydrogens is 312 g/mol. The topological polar surface area (TPSA) is 48.9 Å². The minimum Gasteiger partial charge on any atom is -0.379 e. The maximum atomic E-state index is 5.41. The highest BCUT2D eigenvalue weighted by Gasteiger charge is 2.14. The predicted octanol–water partition coefficient (Wildman–Crippen LogP) is 2.23. The van der Waals surface area contributed by atoms with Crippen molar-refractivity contribution in [2.75, 3.05) is 53.0 Å². The quantitative estimate of drug-likeness (QED) is 0.587. The summed E-state index contributed by atoms with van der Waals surface area (Å²) < 4.78 is 5.41. The van der Waals surface area contributed by atoms with Gasteiger partial charge in [0.05, 0.1) is 13.2 Å². The number of rotatable bonds is 7. The fraction of sp³-hybridized carbons (Fsp3) is 0.650. The number of nitrogens with one attached hydrogen (secondary N) is 2. The first-order valence-electron chi connectivity index (χ1n) is 9.39. The Morgan fingerprint density at radius 1 is 1.12 bits per heavy atom. The van der Waals surface area contributed by atoms with Crippen molar-refractivity contribution in [2.45, 2.75) is 26.7 Å². The molecule has 1 heterocycles. The van der Waals surface area contributed by atoms with Crippen LogP contribution < -0.4 is 10.6 Å². The van der Waals surface area contributed by atoms with Crippen LogP contribution in [0.4, 0.5) is 0 Å². The van der Waals surface area contributed by atoms with E-state index in [-0.39, 0.29) is 0 Å². The summed E-state index contributed by atoms with van der Waals surface area (Å²) in [6, 6.07) is 8.77. The number of ether oxygens (including phenoxy) is 1. The first-order chi connectivity index (χ1) is 12.1. The van der Waals surface area contributed by atoms with Gasteiger partial charge in [0.15, 0.2) is 5.96 Å². The lowest BCUT2D eigenvalue weighted by Gasteiger charge is -2.29. The standard InChI is InChI=1S/C20H34N4O/c1-16-5-7-19(8-6-16)18(3)14-23-20(21-4)22-13-17(2)15-24-9-11-25-12-10-24/h5-8,17-18H,9-15H2,1-4H3,(H2,21,22,23). The normalized spacial score (nSPS) is 18.6. The molecule has 0 radical (unpaired) electrons. The van der Waals surface area contributed by atoms with Gasteiger partial charge in [-0.25, -0.2) is 0 Å². The van der Waals surface area contributed by atoms with Gasteiger partial charge in [-0.2, -0.15) is 0 Å². The first kappa shape index (κ1) is 19.7. The molecule has 0 bridgehead atoms. The van der Waals surface area contributed by atoms with Crippen molar-refractivity contribution in [1.82, 2.24) is 15.5 Å². The van der Waals surface area contributed by atoms with E-state index in [1.807, 2.05) is 7.05 Å². The molecule has 0 aliphatic carbocycles. The zero-order valence-electron chi connectivity index (χ0n) is 16.2. The molecule has 140 valence electrons. The molecule has 2 unspecified atom stereocenters. The number of aryl methyl sites for hydroxylation is 1. The van der Waals surface area contributed by atoms with Gasteiger partial charge in [-0.05, 0) is 24.3 Å². The molecular formula is C20H34N4O. The van der Waals surface area contributed by atoms with Gasteiger partial charge in [0.25, 0.3) is 0 Å². The maximum absolute atomic E-state index is 5.41. The third kappa shape index (κ3) is 7.04. The number of hydrogen-bond acceptors (Lipinski definition) is 3. The van der Waals surface area contributed by atoms with E-state index in [4.69, 9.17) is 4.74 Å². The highest BCUT2D eigenvalue weighted by atomic mass is 16.5. The second-order valence-corrected chi connectivity index (χ2v) is 7.16. The summed E-state index contributed by atoms with van der Waals surface area (Å²) in [5.41, 5.74) is 2.66. The van der Waals surface area contributed by atoms with Crippen LogP contribution in [0.3, 0.4) is 0 Å². The Balaban J connectivity index is 1.69. The van der Waals surface area contributed by atoms with Gasteiger partial charge in [-0.1, -0.05) is 43.7 Å². The van der Waals surface area contributed by atoms with Crippen molar-refractivity contribution < 1.29 is 4.74 Å². The van der Waals surface area contributed by atoms with Crippen LogP contribution in [0.15, 0.2) is 29.3 Å². The Morgan fingerprint density at radius 3 is 2.40 bits per heavy atom. The van der Waals surface area contributed by atoms with E-state index in [0.29, 0.717) is 11.8 Å². The van der Waals surface area contributed by atoms with Gasteiger partial charge in [-0.15, -0.1) is 0 Å². The third-order valence-corrected chi connectivity index (χ3v) is 4.74. The first-order valence-corrected chi connectivity index (χ1v) is 9.39. The fourth-order valence-corrected chi connectivity index (χ4v) is 3.04. The molecule has 2 atom stereocenters. The van der Waals surface area contributed by atoms with E-state index >= 15 is 0 Å². The van der Waals surface area contributed by atoms with Crippen LogP contribution >= 0.6 is 0 Å². The molecule has 1 fully saturated rings. The van der Waals surface area contributed by atoms with Gasteiger partial charge in [0, 0.05) is 39.8 Å². The minimum absolute atomic E-state index is 0.449. The molecule has 0 spiro atoms. The molecule has 2 N–H and O–H groups in total. The largest absolute Gasteiger partial charge is 0.379 e. The highest BCUT2D eigenvalue weighted by molar-refractivity contribution is 5.79. The van der Waals surface area contributed by atoms with Crippen LogP contribution in [-0.4, -0.2) is 63.8 Å². The van der Waals surface area contributed by atoms with Crippen molar-refractivity contribution in [3.8, 4) is 0 Å². The van der Waals surface area contributed by atoms with Crippen LogP contribution in [0.5, 0.6) is 0 Å². The average molecular weight is 347 g/mol. The van der Waals surface area contributed by atoms with Gasteiger partial charge >= 0.3 is 0 Å². The van der Waals surface area contributed by atoms with Gasteiger partial charge in [0.2, 0.25) is 0 Å². The summed E-state index contributed by atoms with van der Waals surface area (Å²) in [4.78, 5) is 6.83. The molecule has 0 aromatic heterocycles. The fourth-order valence-electron chi connectivity index (χ4n) is 3.04. The van der Waals surface area contributed by atoms with E-state index in [0.717, 1.165) is 51.9 Å². The van der Waals surface area contributed by atoms with Gasteiger partial charge < -0.3 is 15.4 Å². The van der Waals surface area contributed by atoms with Crippen molar-refractivity contribution in [1.29, 1.82) is 0 Å². The van der Waals surface area contributed by atoms with Gasteiger partial charge in [-0.3, -0.25) is 9.89 Å². The molecule has 0 amide bonds. The Kier molecular flexibility index (Phi) is 8.22. The number of aliphatic imine (C=N–C) groups is 1. The van der Waals surface area contributed by atoms with Crippen LogP contribution in [-0.2, 0) is 4.74 Å². The maximum Gasteiger partial charge on any atom is 0.191 e. The summed E-state index contributed by atoms with van der Waals surface area (Å²) >= 11 is 0. The lowest BCUT2D eigenvalue weighted by Crippen LogP contribution is -2.44. The van der Waals surface area contributed by atoms with Crippen LogP contribution in [0, 0.1) is 12.8 Å². The Hall–Kier alpha value is -1.59. The van der Waals surface area contributed by atoms with Crippen molar-refractivity contribution in [2.24, 2.45) is 10.9 Å². The van der Waals surface area contributed by atoms with Crippen LogP contribution in [0.2, 0.25) is 0 Å². The van der Waals surface area contributed by atoms with E-state index in [1.165, 1.54) is 11.1 Å². The number of guanidine groups is 1. The monoisotopic (exact) mass is 346 g/mol. The zero-order chi connectivity index (χ0) is 18.1. The van der Waals surface area contributed by atoms with E-state index < -0.39 is 0 Å². The molecule has 5 heteroatoms. The van der Waals surface area contributed by atoms with Crippen molar-refractivity contribution in [3.05, 3.63) is 35.4 Å². The number of morpholine rings is 1. The van der Waals surface area contributed by atoms with E-state index in [9.17, 15) is 0 Å². The van der Waals surface area contributed by atoms with Gasteiger partial charge in [0.1, 0.15) is 0 Å². The Morgan fingerprint density at radius 2 is 1.76 bits per heavy atom. The molecule has 1 aliphatic heterocycles. The molecule has 5 nitrogen and oxygen atoms in total. The highest BCUT2D eigenvalue weighted by Crippen LogP contribution is 2.14. The smallest absolute Gasteiger partial charge is 0.191 e. The second-order valence-electron chi connectivity index (χ2n) is 7.16. The molecule has 25 heavy (non-hydrogen) atoms. The van der Waals surface area contributed by atoms with Crippen LogP contribution in [0.1, 0.15) is 30.9 Å². The number of nitrogens with zero attached hydrogens (tertiary/aromatic N) is 2. The predicted molar refractivity (Wildman–Crippen MR) is 105 cm³/mol. The third-order valence-electron chi connectivity index (χ3n) is 4.74. The Bertz CT molecular complexity index is 523. The SMILES string of the molecule is CN=C(NCC(C)CN1CCOCC1)NCC(C)c1ccc(C)cc1. The average Bonchev–Trinajstić information content (AvgIpc) is 2.63. The lowest BCUT2D eigenvalue weighted by atomic mass is 10.0. The van der Waals surface area contributed by atoms with E-state index in [2.05, 4.69) is 65.6 Å².